The second kappa shape index (κ2) is 5.58. The Bertz CT molecular complexity index is 554. The van der Waals surface area contributed by atoms with Gasteiger partial charge in [0.05, 0.1) is 28.6 Å². The highest BCUT2D eigenvalue weighted by Crippen LogP contribution is 2.25. The maximum Gasteiger partial charge on any atom is 0.337 e. The van der Waals surface area contributed by atoms with Crippen molar-refractivity contribution in [1.29, 1.82) is 0 Å². The molecule has 0 atom stereocenters. The number of hydrogen-bond donors (Lipinski definition) is 1. The van der Waals surface area contributed by atoms with Gasteiger partial charge in [-0.05, 0) is 32.0 Å². The minimum atomic E-state index is -3.51. The molecule has 0 saturated carbocycles. The molecule has 0 fully saturated rings. The number of benzene rings is 1. The van der Waals surface area contributed by atoms with Crippen molar-refractivity contribution >= 4 is 33.3 Å². The van der Waals surface area contributed by atoms with E-state index in [0.717, 1.165) is 0 Å². The van der Waals surface area contributed by atoms with Crippen molar-refractivity contribution in [1.82, 2.24) is 0 Å². The number of nitrogens with one attached hydrogen (secondary N) is 1. The first kappa shape index (κ1) is 14.8. The number of ether oxygens (including phenoxy) is 1. The molecule has 0 aliphatic carbocycles. The summed E-state index contributed by atoms with van der Waals surface area (Å²) in [5, 5.41) is -0.387. The average molecular weight is 292 g/mol. The lowest BCUT2D eigenvalue weighted by molar-refractivity contribution is 0.0601. The Morgan fingerprint density at radius 2 is 2.00 bits per heavy atom. The molecule has 1 rings (SSSR count). The zero-order valence-electron chi connectivity index (χ0n) is 10.2. The fourth-order valence-electron chi connectivity index (χ4n) is 1.12. The summed E-state index contributed by atoms with van der Waals surface area (Å²) < 4.78 is 30.3. The Labute approximate surface area is 111 Å². The lowest BCUT2D eigenvalue weighted by Gasteiger charge is -2.12. The van der Waals surface area contributed by atoms with Crippen LogP contribution in [0, 0.1) is 0 Å². The van der Waals surface area contributed by atoms with E-state index in [1.165, 1.54) is 25.3 Å². The van der Waals surface area contributed by atoms with Gasteiger partial charge < -0.3 is 4.74 Å². The Morgan fingerprint density at radius 1 is 1.39 bits per heavy atom. The summed E-state index contributed by atoms with van der Waals surface area (Å²) in [4.78, 5) is 11.3. The fraction of sp³-hybridized carbons (Fsp3) is 0.364. The highest BCUT2D eigenvalue weighted by Gasteiger charge is 2.18. The summed E-state index contributed by atoms with van der Waals surface area (Å²) in [6.45, 7) is 3.08. The molecule has 0 saturated heterocycles. The second-order valence-electron chi connectivity index (χ2n) is 3.88. The Hall–Kier alpha value is -1.27. The van der Waals surface area contributed by atoms with Crippen molar-refractivity contribution in [3.8, 4) is 0 Å². The van der Waals surface area contributed by atoms with Crippen molar-refractivity contribution in [2.75, 3.05) is 11.8 Å². The number of anilines is 1. The Morgan fingerprint density at radius 3 is 2.50 bits per heavy atom. The SMILES string of the molecule is COC(=O)c1ccc(Cl)c(NS(=O)(=O)C(C)C)c1. The third kappa shape index (κ3) is 3.36. The number of hydrogen-bond acceptors (Lipinski definition) is 4. The number of carbonyl (C=O) groups excluding carboxylic acids is 1. The van der Waals surface area contributed by atoms with E-state index in [1.54, 1.807) is 13.8 Å². The number of carbonyl (C=O) groups is 1. The molecular weight excluding hydrogens is 278 g/mol. The van der Waals surface area contributed by atoms with E-state index in [9.17, 15) is 13.2 Å². The molecule has 7 heteroatoms. The third-order valence-electron chi connectivity index (χ3n) is 2.26. The molecule has 5 nitrogen and oxygen atoms in total. The van der Waals surface area contributed by atoms with Gasteiger partial charge in [0.15, 0.2) is 0 Å². The van der Waals surface area contributed by atoms with E-state index in [4.69, 9.17) is 11.6 Å². The molecule has 18 heavy (non-hydrogen) atoms. The summed E-state index contributed by atoms with van der Waals surface area (Å²) in [7, 11) is -2.26. The summed E-state index contributed by atoms with van der Waals surface area (Å²) >= 11 is 5.88. The molecule has 0 radical (unpaired) electrons. The van der Waals surface area contributed by atoms with Crippen molar-refractivity contribution in [3.05, 3.63) is 28.8 Å². The summed E-state index contributed by atoms with van der Waals surface area (Å²) in [5.41, 5.74) is 0.386. The quantitative estimate of drug-likeness (QED) is 0.864. The first-order valence-electron chi connectivity index (χ1n) is 5.17. The molecule has 0 heterocycles. The fourth-order valence-corrected chi connectivity index (χ4v) is 2.05. The first-order valence-corrected chi connectivity index (χ1v) is 7.10. The zero-order valence-corrected chi connectivity index (χ0v) is 11.8. The van der Waals surface area contributed by atoms with Crippen LogP contribution in [-0.4, -0.2) is 26.7 Å². The topological polar surface area (TPSA) is 72.5 Å². The van der Waals surface area contributed by atoms with Gasteiger partial charge in [0, 0.05) is 0 Å². The van der Waals surface area contributed by atoms with Gasteiger partial charge in [-0.2, -0.15) is 0 Å². The zero-order chi connectivity index (χ0) is 13.9. The van der Waals surface area contributed by atoms with Crippen molar-refractivity contribution in [3.63, 3.8) is 0 Å². The highest BCUT2D eigenvalue weighted by atomic mass is 35.5. The van der Waals surface area contributed by atoms with Gasteiger partial charge in [0.2, 0.25) is 10.0 Å². The van der Waals surface area contributed by atoms with E-state index in [0.29, 0.717) is 0 Å². The van der Waals surface area contributed by atoms with Gasteiger partial charge in [-0.25, -0.2) is 13.2 Å². The molecule has 0 bridgehead atoms. The van der Waals surface area contributed by atoms with Crippen molar-refractivity contribution < 1.29 is 17.9 Å². The Kier molecular flexibility index (Phi) is 4.59. The van der Waals surface area contributed by atoms with Crippen LogP contribution in [0.25, 0.3) is 0 Å². The van der Waals surface area contributed by atoms with Crippen LogP contribution in [0.3, 0.4) is 0 Å². The first-order chi connectivity index (χ1) is 8.27. The van der Waals surface area contributed by atoms with Crippen LogP contribution >= 0.6 is 11.6 Å². The highest BCUT2D eigenvalue weighted by molar-refractivity contribution is 7.93. The summed E-state index contributed by atoms with van der Waals surface area (Å²) in [6.07, 6.45) is 0. The molecule has 1 N–H and O–H groups in total. The van der Waals surface area contributed by atoms with Gasteiger partial charge >= 0.3 is 5.97 Å². The van der Waals surface area contributed by atoms with Crippen LogP contribution in [0.15, 0.2) is 18.2 Å². The molecule has 1 aromatic rings. The summed E-state index contributed by atoms with van der Waals surface area (Å²) in [5.74, 6) is -0.559. The van der Waals surface area contributed by atoms with Gasteiger partial charge in [0.1, 0.15) is 0 Å². The van der Waals surface area contributed by atoms with E-state index in [-0.39, 0.29) is 16.3 Å². The third-order valence-corrected chi connectivity index (χ3v) is 4.34. The summed E-state index contributed by atoms with van der Waals surface area (Å²) in [6, 6.07) is 4.24. The van der Waals surface area contributed by atoms with Crippen molar-refractivity contribution in [2.24, 2.45) is 0 Å². The lowest BCUT2D eigenvalue weighted by Crippen LogP contribution is -2.22. The maximum absolute atomic E-state index is 11.7. The second-order valence-corrected chi connectivity index (χ2v) is 6.53. The number of esters is 1. The molecule has 1 aromatic carbocycles. The van der Waals surface area contributed by atoms with Gasteiger partial charge in [-0.3, -0.25) is 4.72 Å². The number of sulfonamides is 1. The van der Waals surface area contributed by atoms with Gasteiger partial charge in [-0.15, -0.1) is 0 Å². The van der Waals surface area contributed by atoms with Crippen molar-refractivity contribution in [2.45, 2.75) is 19.1 Å². The Balaban J connectivity index is 3.13. The van der Waals surface area contributed by atoms with E-state index in [1.807, 2.05) is 0 Å². The predicted molar refractivity (Wildman–Crippen MR) is 70.5 cm³/mol. The molecular formula is C11H14ClNO4S. The largest absolute Gasteiger partial charge is 0.465 e. The molecule has 0 aliphatic rings. The maximum atomic E-state index is 11.7. The predicted octanol–water partition coefficient (Wildman–Crippen LogP) is 2.28. The van der Waals surface area contributed by atoms with Crippen LogP contribution in [0.4, 0.5) is 5.69 Å². The van der Waals surface area contributed by atoms with Crippen LogP contribution in [0.5, 0.6) is 0 Å². The molecule has 0 amide bonds. The molecule has 0 aromatic heterocycles. The number of rotatable bonds is 4. The lowest BCUT2D eigenvalue weighted by atomic mass is 10.2. The monoisotopic (exact) mass is 291 g/mol. The molecule has 0 unspecified atom stereocenters. The number of halogens is 1. The van der Waals surface area contributed by atoms with E-state index in [2.05, 4.69) is 9.46 Å². The van der Waals surface area contributed by atoms with Crippen LogP contribution in [0.1, 0.15) is 24.2 Å². The average Bonchev–Trinajstić information content (AvgIpc) is 2.30. The molecule has 100 valence electrons. The smallest absolute Gasteiger partial charge is 0.337 e. The van der Waals surface area contributed by atoms with Gasteiger partial charge in [0.25, 0.3) is 0 Å². The van der Waals surface area contributed by atoms with Crippen LogP contribution in [0.2, 0.25) is 5.02 Å². The van der Waals surface area contributed by atoms with E-state index < -0.39 is 21.2 Å². The normalized spacial score (nSPS) is 11.4. The molecule has 0 spiro atoms. The van der Waals surface area contributed by atoms with Crippen LogP contribution in [-0.2, 0) is 14.8 Å². The van der Waals surface area contributed by atoms with Crippen LogP contribution < -0.4 is 4.72 Å². The standard InChI is InChI=1S/C11H14ClNO4S/c1-7(2)18(15,16)13-10-6-8(11(14)17-3)4-5-9(10)12/h4-7,13H,1-3H3. The van der Waals surface area contributed by atoms with E-state index >= 15 is 0 Å². The number of methoxy groups -OCH3 is 1. The minimum absolute atomic E-state index is 0.160. The minimum Gasteiger partial charge on any atom is -0.465 e. The molecule has 0 aliphatic heterocycles. The van der Waals surface area contributed by atoms with Gasteiger partial charge in [-0.1, -0.05) is 11.6 Å².